The van der Waals surface area contributed by atoms with Gasteiger partial charge in [0.2, 0.25) is 0 Å². The first kappa shape index (κ1) is 12.7. The third-order valence-corrected chi connectivity index (χ3v) is 2.79. The van der Waals surface area contributed by atoms with Crippen molar-refractivity contribution < 1.29 is 0 Å². The Bertz CT molecular complexity index is 162. The van der Waals surface area contributed by atoms with Crippen LogP contribution in [0.3, 0.4) is 0 Å². The van der Waals surface area contributed by atoms with Crippen molar-refractivity contribution in [1.29, 1.82) is 0 Å². The monoisotopic (exact) mass is 183 g/mol. The van der Waals surface area contributed by atoms with Crippen LogP contribution in [0.1, 0.15) is 53.9 Å². The molecule has 0 aliphatic heterocycles. The van der Waals surface area contributed by atoms with Crippen molar-refractivity contribution in [3.8, 4) is 0 Å². The Balaban J connectivity index is 3.83. The second kappa shape index (κ2) is 5.43. The minimum absolute atomic E-state index is 0.0352. The van der Waals surface area contributed by atoms with E-state index in [1.54, 1.807) is 0 Å². The average Bonchev–Trinajstić information content (AvgIpc) is 1.99. The van der Waals surface area contributed by atoms with Gasteiger partial charge in [-0.2, -0.15) is 0 Å². The van der Waals surface area contributed by atoms with Crippen molar-refractivity contribution in [2.24, 2.45) is 11.7 Å². The summed E-state index contributed by atoms with van der Waals surface area (Å²) >= 11 is 0. The van der Waals surface area contributed by atoms with E-state index in [0.717, 1.165) is 6.42 Å². The first-order valence-electron chi connectivity index (χ1n) is 5.32. The lowest BCUT2D eigenvalue weighted by Crippen LogP contribution is -2.39. The standard InChI is InChI=1S/C12H25N/c1-6-7-10(2)8-9-11(3)12(4,5)13/h7,11H,6,8-9,13H2,1-5H3/b10-7+. The molecule has 1 unspecified atom stereocenters. The van der Waals surface area contributed by atoms with E-state index < -0.39 is 0 Å². The average molecular weight is 183 g/mol. The molecule has 0 saturated heterocycles. The van der Waals surface area contributed by atoms with E-state index in [4.69, 9.17) is 5.73 Å². The molecular formula is C12H25N. The van der Waals surface area contributed by atoms with Crippen LogP contribution in [0.4, 0.5) is 0 Å². The van der Waals surface area contributed by atoms with Gasteiger partial charge in [-0.15, -0.1) is 0 Å². The minimum atomic E-state index is -0.0352. The summed E-state index contributed by atoms with van der Waals surface area (Å²) in [6.45, 7) is 10.8. The maximum atomic E-state index is 6.02. The second-order valence-corrected chi connectivity index (χ2v) is 4.72. The highest BCUT2D eigenvalue weighted by molar-refractivity contribution is 4.98. The lowest BCUT2D eigenvalue weighted by molar-refractivity contribution is 0.327. The zero-order chi connectivity index (χ0) is 10.5. The van der Waals surface area contributed by atoms with Crippen molar-refractivity contribution in [1.82, 2.24) is 0 Å². The molecule has 0 amide bonds. The largest absolute Gasteiger partial charge is 0.325 e. The summed E-state index contributed by atoms with van der Waals surface area (Å²) in [5.41, 5.74) is 7.48. The maximum Gasteiger partial charge on any atom is 0.0123 e. The lowest BCUT2D eigenvalue weighted by atomic mass is 9.85. The Hall–Kier alpha value is -0.300. The summed E-state index contributed by atoms with van der Waals surface area (Å²) in [4.78, 5) is 0. The van der Waals surface area contributed by atoms with E-state index in [9.17, 15) is 0 Å². The van der Waals surface area contributed by atoms with Crippen LogP contribution < -0.4 is 5.73 Å². The van der Waals surface area contributed by atoms with Crippen LogP contribution in [0.2, 0.25) is 0 Å². The smallest absolute Gasteiger partial charge is 0.0123 e. The van der Waals surface area contributed by atoms with Crippen LogP contribution in [0.25, 0.3) is 0 Å². The SMILES string of the molecule is CC/C=C(\C)CCC(C)C(C)(C)N. The van der Waals surface area contributed by atoms with Crippen molar-refractivity contribution in [2.45, 2.75) is 59.4 Å². The molecule has 1 atom stereocenters. The fraction of sp³-hybridized carbons (Fsp3) is 0.833. The normalized spacial score (nSPS) is 16.0. The summed E-state index contributed by atoms with van der Waals surface area (Å²) in [6.07, 6.45) is 5.84. The number of hydrogen-bond acceptors (Lipinski definition) is 1. The van der Waals surface area contributed by atoms with E-state index in [-0.39, 0.29) is 5.54 Å². The first-order valence-corrected chi connectivity index (χ1v) is 5.32. The van der Waals surface area contributed by atoms with Crippen molar-refractivity contribution in [3.05, 3.63) is 11.6 Å². The Morgan fingerprint density at radius 1 is 1.46 bits per heavy atom. The Kier molecular flexibility index (Phi) is 5.31. The molecule has 0 aromatic carbocycles. The highest BCUT2D eigenvalue weighted by Crippen LogP contribution is 2.20. The fourth-order valence-electron chi connectivity index (χ4n) is 1.27. The molecule has 1 heteroatoms. The second-order valence-electron chi connectivity index (χ2n) is 4.72. The van der Waals surface area contributed by atoms with Crippen molar-refractivity contribution in [2.75, 3.05) is 0 Å². The number of allylic oxidation sites excluding steroid dienone is 2. The van der Waals surface area contributed by atoms with E-state index in [2.05, 4.69) is 40.7 Å². The molecule has 2 N–H and O–H groups in total. The molecule has 1 nitrogen and oxygen atoms in total. The van der Waals surface area contributed by atoms with Crippen molar-refractivity contribution >= 4 is 0 Å². The minimum Gasteiger partial charge on any atom is -0.325 e. The molecule has 13 heavy (non-hydrogen) atoms. The maximum absolute atomic E-state index is 6.02. The van der Waals surface area contributed by atoms with Gasteiger partial charge < -0.3 is 5.73 Å². The number of hydrogen-bond donors (Lipinski definition) is 1. The molecule has 0 radical (unpaired) electrons. The van der Waals surface area contributed by atoms with E-state index >= 15 is 0 Å². The molecule has 0 rings (SSSR count). The first-order chi connectivity index (χ1) is 5.88. The molecule has 0 saturated carbocycles. The molecule has 0 fully saturated rings. The molecule has 0 spiro atoms. The van der Waals surface area contributed by atoms with Gasteiger partial charge in [-0.1, -0.05) is 25.5 Å². The zero-order valence-corrected chi connectivity index (χ0v) is 9.85. The zero-order valence-electron chi connectivity index (χ0n) is 9.85. The van der Waals surface area contributed by atoms with Crippen LogP contribution in [-0.2, 0) is 0 Å². The highest BCUT2D eigenvalue weighted by Gasteiger charge is 2.19. The summed E-state index contributed by atoms with van der Waals surface area (Å²) < 4.78 is 0. The van der Waals surface area contributed by atoms with Crippen LogP contribution in [0.5, 0.6) is 0 Å². The molecule has 0 aromatic heterocycles. The summed E-state index contributed by atoms with van der Waals surface area (Å²) in [7, 11) is 0. The Morgan fingerprint density at radius 2 is 2.00 bits per heavy atom. The molecule has 0 aromatic rings. The molecule has 78 valence electrons. The Morgan fingerprint density at radius 3 is 2.38 bits per heavy atom. The van der Waals surface area contributed by atoms with Crippen LogP contribution in [0.15, 0.2) is 11.6 Å². The van der Waals surface area contributed by atoms with E-state index in [0.29, 0.717) is 5.92 Å². The van der Waals surface area contributed by atoms with Gasteiger partial charge in [0.1, 0.15) is 0 Å². The Labute approximate surface area is 83.4 Å². The molecule has 0 aliphatic carbocycles. The predicted octanol–water partition coefficient (Wildman–Crippen LogP) is 3.50. The van der Waals surface area contributed by atoms with Gasteiger partial charge in [-0.05, 0) is 46.0 Å². The topological polar surface area (TPSA) is 26.0 Å². The molecule has 0 heterocycles. The summed E-state index contributed by atoms with van der Waals surface area (Å²) in [5.74, 6) is 0.590. The molecular weight excluding hydrogens is 158 g/mol. The van der Waals surface area contributed by atoms with Gasteiger partial charge in [0.05, 0.1) is 0 Å². The highest BCUT2D eigenvalue weighted by atomic mass is 14.7. The predicted molar refractivity (Wildman–Crippen MR) is 60.7 cm³/mol. The van der Waals surface area contributed by atoms with E-state index in [1.165, 1.54) is 18.4 Å². The summed E-state index contributed by atoms with van der Waals surface area (Å²) in [5, 5.41) is 0. The summed E-state index contributed by atoms with van der Waals surface area (Å²) in [6, 6.07) is 0. The number of nitrogens with two attached hydrogens (primary N) is 1. The third-order valence-electron chi connectivity index (χ3n) is 2.79. The molecule has 0 bridgehead atoms. The van der Waals surface area contributed by atoms with Crippen LogP contribution in [-0.4, -0.2) is 5.54 Å². The van der Waals surface area contributed by atoms with E-state index in [1.807, 2.05) is 0 Å². The third kappa shape index (κ3) is 5.87. The fourth-order valence-corrected chi connectivity index (χ4v) is 1.27. The lowest BCUT2D eigenvalue weighted by Gasteiger charge is -2.27. The van der Waals surface area contributed by atoms with Gasteiger partial charge in [0, 0.05) is 5.54 Å². The van der Waals surface area contributed by atoms with Crippen molar-refractivity contribution in [3.63, 3.8) is 0 Å². The quantitative estimate of drug-likeness (QED) is 0.649. The number of rotatable bonds is 5. The van der Waals surface area contributed by atoms with Gasteiger partial charge in [-0.3, -0.25) is 0 Å². The molecule has 0 aliphatic rings. The van der Waals surface area contributed by atoms with Crippen LogP contribution in [0, 0.1) is 5.92 Å². The van der Waals surface area contributed by atoms with Gasteiger partial charge in [0.25, 0.3) is 0 Å². The van der Waals surface area contributed by atoms with Gasteiger partial charge in [-0.25, -0.2) is 0 Å². The van der Waals surface area contributed by atoms with Gasteiger partial charge >= 0.3 is 0 Å². The van der Waals surface area contributed by atoms with Gasteiger partial charge in [0.15, 0.2) is 0 Å². The van der Waals surface area contributed by atoms with Crippen LogP contribution >= 0.6 is 0 Å².